The molecule has 7 nitrogen and oxygen atoms in total. The number of aryl methyl sites for hydroxylation is 2. The van der Waals surface area contributed by atoms with Crippen LogP contribution < -0.4 is 9.62 Å². The molecule has 0 saturated heterocycles. The molecule has 40 heavy (non-hydrogen) atoms. The lowest BCUT2D eigenvalue weighted by molar-refractivity contribution is -0.140. The predicted octanol–water partition coefficient (Wildman–Crippen LogP) is 5.62. The molecule has 0 aliphatic heterocycles. The highest BCUT2D eigenvalue weighted by molar-refractivity contribution is 7.92. The Morgan fingerprint density at radius 1 is 0.975 bits per heavy atom. The van der Waals surface area contributed by atoms with Gasteiger partial charge in [0, 0.05) is 22.7 Å². The number of halogens is 2. The molecule has 0 bridgehead atoms. The quantitative estimate of drug-likeness (QED) is 0.352. The number of benzene rings is 3. The third-order valence-corrected chi connectivity index (χ3v) is 8.46. The van der Waals surface area contributed by atoms with Crippen LogP contribution in [0.4, 0.5) is 10.1 Å². The first-order valence-electron chi connectivity index (χ1n) is 12.8. The third-order valence-electron chi connectivity index (χ3n) is 6.42. The normalized spacial score (nSPS) is 12.5. The molecule has 0 spiro atoms. The molecule has 0 radical (unpaired) electrons. The number of carbonyl (C=O) groups is 2. The molecule has 0 aliphatic carbocycles. The van der Waals surface area contributed by atoms with Crippen LogP contribution in [0.3, 0.4) is 0 Å². The Morgan fingerprint density at radius 2 is 1.60 bits per heavy atom. The van der Waals surface area contributed by atoms with Crippen molar-refractivity contribution in [2.24, 2.45) is 0 Å². The second-order valence-corrected chi connectivity index (χ2v) is 13.1. The Bertz CT molecular complexity index is 1490. The summed E-state index contributed by atoms with van der Waals surface area (Å²) in [6.45, 7) is 9.85. The SMILES string of the molecule is Cc1ccc(N(CC(=O)N(Cc2ccccc2F)[C@H](C)C(=O)NC(C)(C)C)S(=O)(=O)c2ccc(Cl)cc2)cc1C. The second kappa shape index (κ2) is 12.4. The Balaban J connectivity index is 2.08. The first-order chi connectivity index (χ1) is 18.6. The van der Waals surface area contributed by atoms with Gasteiger partial charge in [0.2, 0.25) is 11.8 Å². The fourth-order valence-corrected chi connectivity index (χ4v) is 5.54. The summed E-state index contributed by atoms with van der Waals surface area (Å²) in [4.78, 5) is 28.2. The second-order valence-electron chi connectivity index (χ2n) is 10.8. The molecule has 0 saturated carbocycles. The summed E-state index contributed by atoms with van der Waals surface area (Å²) in [7, 11) is -4.23. The fourth-order valence-electron chi connectivity index (χ4n) is 4.01. The molecule has 3 aromatic carbocycles. The van der Waals surface area contributed by atoms with Gasteiger partial charge in [-0.15, -0.1) is 0 Å². The number of sulfonamides is 1. The van der Waals surface area contributed by atoms with Gasteiger partial charge in [0.05, 0.1) is 10.6 Å². The number of anilines is 1. The number of carbonyl (C=O) groups excluding carboxylic acids is 2. The van der Waals surface area contributed by atoms with Crippen LogP contribution in [0.15, 0.2) is 71.6 Å². The van der Waals surface area contributed by atoms with Crippen LogP contribution >= 0.6 is 11.6 Å². The number of rotatable bonds is 9. The molecule has 1 atom stereocenters. The van der Waals surface area contributed by atoms with Gasteiger partial charge >= 0.3 is 0 Å². The van der Waals surface area contributed by atoms with E-state index in [1.54, 1.807) is 45.0 Å². The molecule has 0 aromatic heterocycles. The monoisotopic (exact) mass is 587 g/mol. The van der Waals surface area contributed by atoms with Gasteiger partial charge in [-0.1, -0.05) is 35.9 Å². The van der Waals surface area contributed by atoms with Gasteiger partial charge in [0.25, 0.3) is 10.0 Å². The minimum atomic E-state index is -4.23. The third kappa shape index (κ3) is 7.61. The molecular weight excluding hydrogens is 553 g/mol. The maximum atomic E-state index is 14.6. The molecule has 1 N–H and O–H groups in total. The highest BCUT2D eigenvalue weighted by Gasteiger charge is 2.33. The van der Waals surface area contributed by atoms with Crippen molar-refractivity contribution in [2.75, 3.05) is 10.8 Å². The molecule has 3 rings (SSSR count). The maximum Gasteiger partial charge on any atom is 0.264 e. The zero-order chi connectivity index (χ0) is 29.8. The van der Waals surface area contributed by atoms with Gasteiger partial charge in [-0.25, -0.2) is 12.8 Å². The van der Waals surface area contributed by atoms with Gasteiger partial charge < -0.3 is 10.2 Å². The van der Waals surface area contributed by atoms with E-state index in [-0.39, 0.29) is 22.7 Å². The number of amides is 2. The van der Waals surface area contributed by atoms with E-state index in [4.69, 9.17) is 11.6 Å². The first kappa shape index (κ1) is 31.1. The number of nitrogens with one attached hydrogen (secondary N) is 1. The van der Waals surface area contributed by atoms with Crippen molar-refractivity contribution in [1.29, 1.82) is 0 Å². The minimum Gasteiger partial charge on any atom is -0.350 e. The summed E-state index contributed by atoms with van der Waals surface area (Å²) in [5, 5.41) is 3.21. The lowest BCUT2D eigenvalue weighted by atomic mass is 10.1. The smallest absolute Gasteiger partial charge is 0.264 e. The van der Waals surface area contributed by atoms with Crippen molar-refractivity contribution >= 4 is 39.1 Å². The van der Waals surface area contributed by atoms with Crippen LogP contribution in [0.5, 0.6) is 0 Å². The molecule has 0 aliphatic rings. The van der Waals surface area contributed by atoms with E-state index in [1.807, 2.05) is 13.8 Å². The Kier molecular flexibility index (Phi) is 9.64. The van der Waals surface area contributed by atoms with Gasteiger partial charge in [0.1, 0.15) is 18.4 Å². The van der Waals surface area contributed by atoms with Crippen LogP contribution in [0.25, 0.3) is 0 Å². The minimum absolute atomic E-state index is 0.0536. The topological polar surface area (TPSA) is 86.8 Å². The van der Waals surface area contributed by atoms with Gasteiger partial charge in [-0.3, -0.25) is 13.9 Å². The van der Waals surface area contributed by atoms with Crippen molar-refractivity contribution in [3.63, 3.8) is 0 Å². The van der Waals surface area contributed by atoms with Crippen LogP contribution in [-0.4, -0.2) is 43.3 Å². The lowest BCUT2D eigenvalue weighted by Gasteiger charge is -2.33. The summed E-state index contributed by atoms with van der Waals surface area (Å²) in [5.74, 6) is -1.66. The van der Waals surface area contributed by atoms with Gasteiger partial charge in [-0.2, -0.15) is 0 Å². The van der Waals surface area contributed by atoms with Gasteiger partial charge in [0.15, 0.2) is 0 Å². The zero-order valence-electron chi connectivity index (χ0n) is 23.5. The molecule has 0 fully saturated rings. The first-order valence-corrected chi connectivity index (χ1v) is 14.6. The van der Waals surface area contributed by atoms with Crippen LogP contribution in [0, 0.1) is 19.7 Å². The summed E-state index contributed by atoms with van der Waals surface area (Å²) < 4.78 is 43.4. The van der Waals surface area contributed by atoms with Crippen molar-refractivity contribution in [2.45, 2.75) is 64.6 Å². The van der Waals surface area contributed by atoms with E-state index in [2.05, 4.69) is 5.32 Å². The summed E-state index contributed by atoms with van der Waals surface area (Å²) in [6.07, 6.45) is 0. The van der Waals surface area contributed by atoms with Crippen LogP contribution in [0.1, 0.15) is 44.4 Å². The van der Waals surface area contributed by atoms with Crippen LogP contribution in [-0.2, 0) is 26.2 Å². The molecule has 3 aromatic rings. The average Bonchev–Trinajstić information content (AvgIpc) is 2.87. The van der Waals surface area contributed by atoms with E-state index in [9.17, 15) is 22.4 Å². The molecule has 10 heteroatoms. The molecule has 0 unspecified atom stereocenters. The van der Waals surface area contributed by atoms with E-state index in [0.29, 0.717) is 5.02 Å². The average molecular weight is 588 g/mol. The molecule has 2 amide bonds. The van der Waals surface area contributed by atoms with Crippen LogP contribution in [0.2, 0.25) is 5.02 Å². The number of nitrogens with zero attached hydrogens (tertiary/aromatic N) is 2. The standard InChI is InChI=1S/C30H35ClFN3O4S/c1-20-11-14-25(17-21(20)2)35(40(38,39)26-15-12-24(31)13-16-26)19-28(36)34(18-23-9-7-8-10-27(23)32)22(3)29(37)33-30(4,5)6/h7-17,22H,18-19H2,1-6H3,(H,33,37)/t22-/m1/s1. The Labute approximate surface area is 241 Å². The zero-order valence-corrected chi connectivity index (χ0v) is 25.1. The number of hydrogen-bond donors (Lipinski definition) is 1. The van der Waals surface area contributed by atoms with Crippen molar-refractivity contribution in [1.82, 2.24) is 10.2 Å². The Morgan fingerprint density at radius 3 is 2.17 bits per heavy atom. The van der Waals surface area contributed by atoms with E-state index in [1.165, 1.54) is 54.3 Å². The van der Waals surface area contributed by atoms with E-state index >= 15 is 0 Å². The molecule has 214 valence electrons. The van der Waals surface area contributed by atoms with E-state index in [0.717, 1.165) is 15.4 Å². The van der Waals surface area contributed by atoms with Crippen molar-refractivity contribution < 1.29 is 22.4 Å². The van der Waals surface area contributed by atoms with E-state index < -0.39 is 45.8 Å². The van der Waals surface area contributed by atoms with Crippen molar-refractivity contribution in [3.05, 3.63) is 94.3 Å². The maximum absolute atomic E-state index is 14.6. The summed E-state index contributed by atoms with van der Waals surface area (Å²) >= 11 is 5.98. The Hall–Kier alpha value is -3.43. The largest absolute Gasteiger partial charge is 0.350 e. The summed E-state index contributed by atoms with van der Waals surface area (Å²) in [5.41, 5.74) is 1.69. The lowest BCUT2D eigenvalue weighted by Crippen LogP contribution is -2.54. The number of hydrogen-bond acceptors (Lipinski definition) is 4. The highest BCUT2D eigenvalue weighted by atomic mass is 35.5. The molecular formula is C30H35ClFN3O4S. The predicted molar refractivity (Wildman–Crippen MR) is 156 cm³/mol. The molecule has 0 heterocycles. The van der Waals surface area contributed by atoms with Crippen molar-refractivity contribution in [3.8, 4) is 0 Å². The fraction of sp³-hybridized carbons (Fsp3) is 0.333. The van der Waals surface area contributed by atoms with Gasteiger partial charge in [-0.05, 0) is 95.1 Å². The highest BCUT2D eigenvalue weighted by Crippen LogP contribution is 2.27. The summed E-state index contributed by atoms with van der Waals surface area (Å²) in [6, 6.07) is 15.7.